The van der Waals surface area contributed by atoms with Gasteiger partial charge in [0.15, 0.2) is 4.33 Å². The van der Waals surface area contributed by atoms with Crippen LogP contribution in [0.1, 0.15) is 0 Å². The zero-order valence-corrected chi connectivity index (χ0v) is 10.4. The van der Waals surface area contributed by atoms with Crippen LogP contribution in [0.15, 0.2) is 0 Å². The van der Waals surface area contributed by atoms with Crippen molar-refractivity contribution in [1.82, 2.24) is 0 Å². The number of alkyl halides is 7. The molecule has 0 spiro atoms. The molecule has 1 aliphatic rings. The highest BCUT2D eigenvalue weighted by molar-refractivity contribution is 6.67. The van der Waals surface area contributed by atoms with Crippen LogP contribution in [0.3, 0.4) is 0 Å². The molecule has 0 aromatic heterocycles. The minimum absolute atomic E-state index is 1.13. The third-order valence-electron chi connectivity index (χ3n) is 1.27. The van der Waals surface area contributed by atoms with Crippen molar-refractivity contribution in [3.8, 4) is 0 Å². The fraction of sp³-hybridized carbons (Fsp3) is 1.00. The summed E-state index contributed by atoms with van der Waals surface area (Å²) in [6, 6.07) is 0. The second-order valence-electron chi connectivity index (χ2n) is 2.17. The van der Waals surface area contributed by atoms with E-state index in [0.717, 1.165) is 0 Å². The van der Waals surface area contributed by atoms with Crippen molar-refractivity contribution in [3.63, 3.8) is 0 Å². The van der Waals surface area contributed by atoms with Crippen molar-refractivity contribution in [1.29, 1.82) is 0 Å². The zero-order chi connectivity index (χ0) is 9.78. The summed E-state index contributed by atoms with van der Waals surface area (Å²) >= 11 is 39.2. The molecule has 0 aromatic rings. The molecule has 8 heteroatoms. The van der Waals surface area contributed by atoms with E-state index in [2.05, 4.69) is 0 Å². The summed E-state index contributed by atoms with van der Waals surface area (Å²) in [6.07, 6.45) is 0. The minimum atomic E-state index is -1.92. The fourth-order valence-electron chi connectivity index (χ4n) is 0.649. The number of hydrogen-bond donors (Lipinski definition) is 0. The largest absolute Gasteiger partial charge is 0.306 e. The number of ether oxygens (including phenoxy) is 1. The van der Waals surface area contributed by atoms with E-state index in [-0.39, 0.29) is 0 Å². The first kappa shape index (κ1) is 12.1. The number of hydrogen-bond acceptors (Lipinski definition) is 1. The molecule has 0 bridgehead atoms. The standard InChI is InChI=1S/C4HCl7O/c5-1-2(6,7)4(10,11)12-3(1,8)9/h1H. The Morgan fingerprint density at radius 3 is 1.42 bits per heavy atom. The van der Waals surface area contributed by atoms with E-state index < -0.39 is 18.7 Å². The molecule has 12 heavy (non-hydrogen) atoms. The van der Waals surface area contributed by atoms with Crippen molar-refractivity contribution in [2.45, 2.75) is 18.7 Å². The molecule has 1 unspecified atom stereocenters. The molecule has 0 aliphatic carbocycles. The highest BCUT2D eigenvalue weighted by Crippen LogP contribution is 2.61. The lowest BCUT2D eigenvalue weighted by Crippen LogP contribution is -2.37. The summed E-state index contributed by atoms with van der Waals surface area (Å²) in [5.74, 6) is 0. The van der Waals surface area contributed by atoms with Crippen molar-refractivity contribution in [3.05, 3.63) is 0 Å². The molecule has 1 rings (SSSR count). The molecule has 1 saturated heterocycles. The Balaban J connectivity index is 3.05. The highest BCUT2D eigenvalue weighted by Gasteiger charge is 2.69. The Morgan fingerprint density at radius 1 is 0.917 bits per heavy atom. The highest BCUT2D eigenvalue weighted by atomic mass is 35.5. The van der Waals surface area contributed by atoms with Crippen molar-refractivity contribution in [2.24, 2.45) is 0 Å². The van der Waals surface area contributed by atoms with E-state index in [1.807, 2.05) is 0 Å². The molecule has 0 amide bonds. The zero-order valence-electron chi connectivity index (χ0n) is 5.13. The van der Waals surface area contributed by atoms with Gasteiger partial charge in [-0.1, -0.05) is 69.6 Å². The van der Waals surface area contributed by atoms with Gasteiger partial charge in [0.1, 0.15) is 5.38 Å². The average molecular weight is 313 g/mol. The van der Waals surface area contributed by atoms with Gasteiger partial charge in [-0.05, 0) is 0 Å². The smallest absolute Gasteiger partial charge is 0.255 e. The van der Waals surface area contributed by atoms with Crippen molar-refractivity contribution < 1.29 is 4.74 Å². The lowest BCUT2D eigenvalue weighted by atomic mass is 10.3. The van der Waals surface area contributed by atoms with Gasteiger partial charge in [-0.15, -0.1) is 11.6 Å². The predicted octanol–water partition coefficient (Wildman–Crippen LogP) is 4.06. The van der Waals surface area contributed by atoms with E-state index in [9.17, 15) is 0 Å². The van der Waals surface area contributed by atoms with Gasteiger partial charge in [-0.2, -0.15) is 0 Å². The maximum atomic E-state index is 5.67. The minimum Gasteiger partial charge on any atom is -0.306 e. The van der Waals surface area contributed by atoms with Gasteiger partial charge in [-0.3, -0.25) is 0 Å². The third-order valence-corrected chi connectivity index (χ3v) is 5.04. The van der Waals surface area contributed by atoms with Crippen LogP contribution in [-0.2, 0) is 4.74 Å². The average Bonchev–Trinajstić information content (AvgIpc) is 1.90. The first-order valence-corrected chi connectivity index (χ1v) is 5.29. The Labute approximate surface area is 104 Å². The molecular formula is C4HCl7O. The molecule has 1 heterocycles. The summed E-state index contributed by atoms with van der Waals surface area (Å²) in [5.41, 5.74) is 0. The number of rotatable bonds is 0. The topological polar surface area (TPSA) is 9.23 Å². The van der Waals surface area contributed by atoms with Gasteiger partial charge in [0.2, 0.25) is 4.52 Å². The van der Waals surface area contributed by atoms with Gasteiger partial charge in [0.05, 0.1) is 0 Å². The summed E-state index contributed by atoms with van der Waals surface area (Å²) in [4.78, 5) is 0. The van der Waals surface area contributed by atoms with Crippen molar-refractivity contribution in [2.75, 3.05) is 0 Å². The van der Waals surface area contributed by atoms with Gasteiger partial charge >= 0.3 is 0 Å². The molecule has 1 atom stereocenters. The van der Waals surface area contributed by atoms with Gasteiger partial charge in [0, 0.05) is 0 Å². The first-order valence-electron chi connectivity index (χ1n) is 2.59. The van der Waals surface area contributed by atoms with Crippen LogP contribution >= 0.6 is 81.2 Å². The third kappa shape index (κ3) is 1.72. The summed E-state index contributed by atoms with van der Waals surface area (Å²) in [6.45, 7) is 0. The van der Waals surface area contributed by atoms with E-state index in [0.29, 0.717) is 0 Å². The van der Waals surface area contributed by atoms with Gasteiger partial charge in [0.25, 0.3) is 4.52 Å². The molecule has 72 valence electrons. The van der Waals surface area contributed by atoms with Crippen LogP contribution < -0.4 is 0 Å². The van der Waals surface area contributed by atoms with Crippen LogP contribution in [0.5, 0.6) is 0 Å². The quantitative estimate of drug-likeness (QED) is 0.613. The molecule has 1 fully saturated rings. The number of halogens is 7. The molecule has 1 aliphatic heterocycles. The van der Waals surface area contributed by atoms with Gasteiger partial charge in [-0.25, -0.2) is 0 Å². The van der Waals surface area contributed by atoms with Crippen LogP contribution in [0.4, 0.5) is 0 Å². The van der Waals surface area contributed by atoms with Crippen LogP contribution in [0, 0.1) is 0 Å². The monoisotopic (exact) mass is 310 g/mol. The summed E-state index contributed by atoms with van der Waals surface area (Å²) in [7, 11) is 0. The van der Waals surface area contributed by atoms with E-state index in [4.69, 9.17) is 85.9 Å². The Kier molecular flexibility index (Phi) is 3.26. The molecule has 0 saturated carbocycles. The summed E-state index contributed by atoms with van der Waals surface area (Å²) < 4.78 is -0.755. The van der Waals surface area contributed by atoms with E-state index in [1.165, 1.54) is 0 Å². The normalized spacial score (nSPS) is 36.8. The first-order chi connectivity index (χ1) is 5.11. The van der Waals surface area contributed by atoms with Crippen LogP contribution in [-0.4, -0.2) is 18.7 Å². The molecule has 0 N–H and O–H groups in total. The van der Waals surface area contributed by atoms with Crippen LogP contribution in [0.2, 0.25) is 0 Å². The van der Waals surface area contributed by atoms with E-state index >= 15 is 0 Å². The second kappa shape index (κ2) is 3.24. The Morgan fingerprint density at radius 2 is 1.33 bits per heavy atom. The van der Waals surface area contributed by atoms with E-state index in [1.54, 1.807) is 0 Å². The lowest BCUT2D eigenvalue weighted by molar-refractivity contribution is 0.0869. The molecule has 0 aromatic carbocycles. The maximum Gasteiger partial charge on any atom is 0.255 e. The maximum absolute atomic E-state index is 5.67. The second-order valence-corrected chi connectivity index (χ2v) is 6.56. The lowest BCUT2D eigenvalue weighted by Gasteiger charge is -2.23. The predicted molar refractivity (Wildman–Crippen MR) is 54.0 cm³/mol. The fourth-order valence-corrected chi connectivity index (χ4v) is 2.75. The van der Waals surface area contributed by atoms with Crippen LogP contribution in [0.25, 0.3) is 0 Å². The Hall–Kier alpha value is 1.99. The molecule has 1 nitrogen and oxygen atoms in total. The molecular weight excluding hydrogens is 312 g/mol. The van der Waals surface area contributed by atoms with Gasteiger partial charge < -0.3 is 4.74 Å². The van der Waals surface area contributed by atoms with Crippen molar-refractivity contribution >= 4 is 81.2 Å². The summed E-state index contributed by atoms with van der Waals surface area (Å²) in [5, 5.41) is -1.13. The SMILES string of the molecule is ClC1C(Cl)(Cl)OC(Cl)(Cl)C1(Cl)Cl. The molecule has 0 radical (unpaired) electrons. The Bertz CT molecular complexity index is 200.